The van der Waals surface area contributed by atoms with Gasteiger partial charge in [-0.1, -0.05) is 34.1 Å². The SMILES string of the molecule is Cc1cc(NC(=O)COC(=O)[C@H]2CC(=O)N(c3c(C)cccc3C)C2)cc(C)c1Br. The Morgan fingerprint density at radius 3 is 2.30 bits per heavy atom. The highest BCUT2D eigenvalue weighted by Gasteiger charge is 2.37. The third-order valence-corrected chi connectivity index (χ3v) is 6.48. The van der Waals surface area contributed by atoms with Gasteiger partial charge >= 0.3 is 5.97 Å². The van der Waals surface area contributed by atoms with Gasteiger partial charge in [0, 0.05) is 28.8 Å². The fraction of sp³-hybridized carbons (Fsp3) is 0.348. The number of para-hydroxylation sites is 1. The molecule has 0 aliphatic carbocycles. The summed E-state index contributed by atoms with van der Waals surface area (Å²) in [6, 6.07) is 9.51. The molecule has 0 unspecified atom stereocenters. The molecule has 0 saturated carbocycles. The number of aryl methyl sites for hydroxylation is 4. The van der Waals surface area contributed by atoms with Crippen molar-refractivity contribution in [3.63, 3.8) is 0 Å². The number of rotatable bonds is 5. The van der Waals surface area contributed by atoms with E-state index in [1.165, 1.54) is 0 Å². The predicted octanol–water partition coefficient (Wildman–Crippen LogP) is 4.22. The summed E-state index contributed by atoms with van der Waals surface area (Å²) >= 11 is 3.49. The predicted molar refractivity (Wildman–Crippen MR) is 120 cm³/mol. The van der Waals surface area contributed by atoms with E-state index in [-0.39, 0.29) is 25.5 Å². The van der Waals surface area contributed by atoms with E-state index >= 15 is 0 Å². The zero-order chi connectivity index (χ0) is 22.0. The van der Waals surface area contributed by atoms with Crippen LogP contribution >= 0.6 is 15.9 Å². The lowest BCUT2D eigenvalue weighted by atomic mass is 10.1. The number of ether oxygens (including phenoxy) is 1. The Bertz CT molecular complexity index is 975. The molecule has 0 bridgehead atoms. The largest absolute Gasteiger partial charge is 0.455 e. The van der Waals surface area contributed by atoms with Crippen molar-refractivity contribution in [2.75, 3.05) is 23.4 Å². The van der Waals surface area contributed by atoms with Gasteiger partial charge in [-0.2, -0.15) is 0 Å². The van der Waals surface area contributed by atoms with Crippen molar-refractivity contribution in [1.82, 2.24) is 0 Å². The zero-order valence-corrected chi connectivity index (χ0v) is 19.1. The molecule has 1 aliphatic rings. The molecule has 1 atom stereocenters. The topological polar surface area (TPSA) is 75.7 Å². The van der Waals surface area contributed by atoms with E-state index in [0.29, 0.717) is 5.69 Å². The van der Waals surface area contributed by atoms with Crippen molar-refractivity contribution in [1.29, 1.82) is 0 Å². The lowest BCUT2D eigenvalue weighted by Crippen LogP contribution is -2.29. The van der Waals surface area contributed by atoms with Gasteiger partial charge in [0.15, 0.2) is 6.61 Å². The summed E-state index contributed by atoms with van der Waals surface area (Å²) in [6.45, 7) is 7.63. The summed E-state index contributed by atoms with van der Waals surface area (Å²) in [6.07, 6.45) is 0.0827. The van der Waals surface area contributed by atoms with Crippen molar-refractivity contribution in [2.24, 2.45) is 5.92 Å². The van der Waals surface area contributed by atoms with Crippen LogP contribution in [0.1, 0.15) is 28.7 Å². The average Bonchev–Trinajstić information content (AvgIpc) is 3.05. The lowest BCUT2D eigenvalue weighted by Gasteiger charge is -2.21. The second kappa shape index (κ2) is 9.00. The zero-order valence-electron chi connectivity index (χ0n) is 17.5. The number of nitrogens with one attached hydrogen (secondary N) is 1. The van der Waals surface area contributed by atoms with Gasteiger partial charge in [0.25, 0.3) is 5.91 Å². The monoisotopic (exact) mass is 472 g/mol. The van der Waals surface area contributed by atoms with Gasteiger partial charge in [-0.3, -0.25) is 14.4 Å². The molecule has 30 heavy (non-hydrogen) atoms. The number of esters is 1. The Hall–Kier alpha value is -2.67. The van der Waals surface area contributed by atoms with Crippen LogP contribution in [-0.2, 0) is 19.1 Å². The van der Waals surface area contributed by atoms with Crippen molar-refractivity contribution in [2.45, 2.75) is 34.1 Å². The molecule has 0 spiro atoms. The van der Waals surface area contributed by atoms with Gasteiger partial charge in [0.1, 0.15) is 0 Å². The minimum Gasteiger partial charge on any atom is -0.455 e. The lowest BCUT2D eigenvalue weighted by molar-refractivity contribution is -0.151. The molecule has 7 heteroatoms. The van der Waals surface area contributed by atoms with Gasteiger partial charge in [-0.15, -0.1) is 0 Å². The van der Waals surface area contributed by atoms with Crippen LogP contribution < -0.4 is 10.2 Å². The molecule has 158 valence electrons. The van der Waals surface area contributed by atoms with E-state index in [2.05, 4.69) is 21.2 Å². The molecule has 1 fully saturated rings. The van der Waals surface area contributed by atoms with Gasteiger partial charge in [0.05, 0.1) is 5.92 Å². The minimum atomic E-state index is -0.582. The molecule has 2 aromatic rings. The Balaban J connectivity index is 1.58. The number of anilines is 2. The molecule has 2 aromatic carbocycles. The molecule has 1 aliphatic heterocycles. The van der Waals surface area contributed by atoms with Crippen LogP contribution in [0, 0.1) is 33.6 Å². The van der Waals surface area contributed by atoms with Crippen LogP contribution in [0.15, 0.2) is 34.8 Å². The van der Waals surface area contributed by atoms with E-state index in [0.717, 1.165) is 32.4 Å². The third-order valence-electron chi connectivity index (χ3n) is 5.23. The molecular weight excluding hydrogens is 448 g/mol. The summed E-state index contributed by atoms with van der Waals surface area (Å²) in [7, 11) is 0. The third kappa shape index (κ3) is 4.73. The summed E-state index contributed by atoms with van der Waals surface area (Å²) in [5, 5.41) is 2.74. The van der Waals surface area contributed by atoms with E-state index in [4.69, 9.17) is 4.74 Å². The Morgan fingerprint density at radius 1 is 1.10 bits per heavy atom. The maximum absolute atomic E-state index is 12.5. The summed E-state index contributed by atoms with van der Waals surface area (Å²) in [5.41, 5.74) is 5.45. The van der Waals surface area contributed by atoms with Crippen molar-refractivity contribution in [3.05, 3.63) is 57.1 Å². The van der Waals surface area contributed by atoms with E-state index in [1.54, 1.807) is 4.90 Å². The maximum Gasteiger partial charge on any atom is 0.311 e. The van der Waals surface area contributed by atoms with E-state index < -0.39 is 17.8 Å². The van der Waals surface area contributed by atoms with Gasteiger partial charge in [-0.05, 0) is 62.1 Å². The molecule has 6 nitrogen and oxygen atoms in total. The first-order valence-corrected chi connectivity index (χ1v) is 10.6. The Labute approximate surface area is 184 Å². The fourth-order valence-corrected chi connectivity index (χ4v) is 4.01. The van der Waals surface area contributed by atoms with Crippen LogP contribution in [0.4, 0.5) is 11.4 Å². The first-order chi connectivity index (χ1) is 14.2. The van der Waals surface area contributed by atoms with Crippen molar-refractivity contribution in [3.8, 4) is 0 Å². The van der Waals surface area contributed by atoms with Crippen LogP contribution in [0.2, 0.25) is 0 Å². The Kier molecular flexibility index (Phi) is 6.61. The maximum atomic E-state index is 12.5. The highest BCUT2D eigenvalue weighted by atomic mass is 79.9. The number of hydrogen-bond donors (Lipinski definition) is 1. The Morgan fingerprint density at radius 2 is 1.70 bits per heavy atom. The highest BCUT2D eigenvalue weighted by molar-refractivity contribution is 9.10. The first-order valence-electron chi connectivity index (χ1n) is 9.77. The summed E-state index contributed by atoms with van der Waals surface area (Å²) < 4.78 is 6.19. The van der Waals surface area contributed by atoms with Crippen molar-refractivity contribution >= 4 is 45.1 Å². The number of amides is 2. The molecule has 3 rings (SSSR count). The van der Waals surface area contributed by atoms with Gasteiger partial charge in [-0.25, -0.2) is 0 Å². The second-order valence-corrected chi connectivity index (χ2v) is 8.52. The average molecular weight is 473 g/mol. The van der Waals surface area contributed by atoms with Gasteiger partial charge < -0.3 is 15.0 Å². The first kappa shape index (κ1) is 22.0. The number of carbonyl (C=O) groups is 3. The number of halogens is 1. The highest BCUT2D eigenvalue weighted by Crippen LogP contribution is 2.31. The van der Waals surface area contributed by atoms with Crippen LogP contribution in [0.25, 0.3) is 0 Å². The van der Waals surface area contributed by atoms with Crippen LogP contribution in [-0.4, -0.2) is 30.9 Å². The molecule has 0 aromatic heterocycles. The number of benzene rings is 2. The van der Waals surface area contributed by atoms with E-state index in [1.807, 2.05) is 58.0 Å². The quantitative estimate of drug-likeness (QED) is 0.660. The smallest absolute Gasteiger partial charge is 0.311 e. The summed E-state index contributed by atoms with van der Waals surface area (Å²) in [5.74, 6) is -1.64. The van der Waals surface area contributed by atoms with Crippen LogP contribution in [0.5, 0.6) is 0 Å². The number of hydrogen-bond acceptors (Lipinski definition) is 4. The molecule has 0 radical (unpaired) electrons. The molecule has 1 saturated heterocycles. The minimum absolute atomic E-state index is 0.0827. The fourth-order valence-electron chi connectivity index (χ4n) is 3.78. The molecular formula is C23H25BrN2O4. The van der Waals surface area contributed by atoms with Crippen molar-refractivity contribution < 1.29 is 19.1 Å². The molecule has 1 N–H and O–H groups in total. The van der Waals surface area contributed by atoms with Crippen LogP contribution in [0.3, 0.4) is 0 Å². The number of carbonyl (C=O) groups excluding carboxylic acids is 3. The normalized spacial score (nSPS) is 16.0. The molecule has 2 amide bonds. The number of nitrogens with zero attached hydrogens (tertiary/aromatic N) is 1. The second-order valence-electron chi connectivity index (χ2n) is 7.73. The standard InChI is InChI=1S/C23H25BrN2O4/c1-13-6-5-7-14(2)22(13)26-11-17(10-20(26)28)23(29)30-12-19(27)25-18-8-15(3)21(24)16(4)9-18/h5-9,17H,10-12H2,1-4H3,(H,25,27)/t17-/m0/s1. The summed E-state index contributed by atoms with van der Waals surface area (Å²) in [4.78, 5) is 38.8. The van der Waals surface area contributed by atoms with E-state index in [9.17, 15) is 14.4 Å². The van der Waals surface area contributed by atoms with Gasteiger partial charge in [0.2, 0.25) is 5.91 Å². The molecule has 1 heterocycles.